The molecule has 0 saturated carbocycles. The summed E-state index contributed by atoms with van der Waals surface area (Å²) in [5.41, 5.74) is 1.13. The predicted octanol–water partition coefficient (Wildman–Crippen LogP) is 2.75. The average Bonchev–Trinajstić information content (AvgIpc) is 2.77. The van der Waals surface area contributed by atoms with Crippen molar-refractivity contribution in [2.24, 2.45) is 0 Å². The Kier molecular flexibility index (Phi) is 3.01. The Balaban J connectivity index is 2.39. The van der Waals surface area contributed by atoms with Crippen LogP contribution in [0.1, 0.15) is 11.3 Å². The van der Waals surface area contributed by atoms with Crippen LogP contribution in [-0.4, -0.2) is 10.4 Å². The zero-order valence-corrected chi connectivity index (χ0v) is 9.58. The molecular formula is C12H11NO2S. The second-order valence-electron chi connectivity index (χ2n) is 3.38. The number of nitrogens with one attached hydrogen (secondary N) is 1. The van der Waals surface area contributed by atoms with E-state index >= 15 is 0 Å². The summed E-state index contributed by atoms with van der Waals surface area (Å²) in [5.74, 6) is 0.346. The van der Waals surface area contributed by atoms with E-state index in [1.165, 1.54) is 6.26 Å². The van der Waals surface area contributed by atoms with Crippen LogP contribution in [0.2, 0.25) is 0 Å². The van der Waals surface area contributed by atoms with Gasteiger partial charge < -0.3 is 9.83 Å². The maximum absolute atomic E-state index is 12.1. The lowest BCUT2D eigenvalue weighted by Crippen LogP contribution is -1.94. The van der Waals surface area contributed by atoms with Crippen molar-refractivity contribution in [2.45, 2.75) is 16.7 Å². The summed E-state index contributed by atoms with van der Waals surface area (Å²) >= 11 is 0. The molecular weight excluding hydrogens is 222 g/mol. The lowest BCUT2D eigenvalue weighted by molar-refractivity contribution is 0.553. The fraction of sp³-hybridized carbons (Fsp3) is 0.0833. The van der Waals surface area contributed by atoms with Crippen LogP contribution in [0.25, 0.3) is 0 Å². The highest BCUT2D eigenvalue weighted by Gasteiger charge is 2.13. The van der Waals surface area contributed by atoms with Gasteiger partial charge in [-0.2, -0.15) is 0 Å². The summed E-state index contributed by atoms with van der Waals surface area (Å²) in [6, 6.07) is 9.11. The van der Waals surface area contributed by atoms with Crippen molar-refractivity contribution < 1.29 is 8.63 Å². The van der Waals surface area contributed by atoms with Gasteiger partial charge in [-0.3, -0.25) is 0 Å². The summed E-state index contributed by atoms with van der Waals surface area (Å²) in [5, 5.41) is 7.14. The van der Waals surface area contributed by atoms with Crippen molar-refractivity contribution in [3.63, 3.8) is 0 Å². The Bertz CT molecular complexity index is 528. The normalized spacial score (nSPS) is 12.3. The van der Waals surface area contributed by atoms with Crippen LogP contribution in [-0.2, 0) is 10.8 Å². The topological polar surface area (TPSA) is 54.1 Å². The number of furan rings is 1. The fourth-order valence-electron chi connectivity index (χ4n) is 1.36. The van der Waals surface area contributed by atoms with E-state index in [-0.39, 0.29) is 0 Å². The van der Waals surface area contributed by atoms with Crippen LogP contribution >= 0.6 is 0 Å². The minimum absolute atomic E-state index is 0.346. The summed E-state index contributed by atoms with van der Waals surface area (Å²) in [4.78, 5) is 1.26. The molecule has 0 fully saturated rings. The van der Waals surface area contributed by atoms with Crippen LogP contribution in [0, 0.1) is 12.3 Å². The summed E-state index contributed by atoms with van der Waals surface area (Å²) in [6.07, 6.45) is 2.52. The third kappa shape index (κ3) is 1.97. The zero-order valence-electron chi connectivity index (χ0n) is 8.77. The monoisotopic (exact) mass is 233 g/mol. The summed E-state index contributed by atoms with van der Waals surface area (Å²) in [6.45, 7) is 1.98. The van der Waals surface area contributed by atoms with Gasteiger partial charge in [0.15, 0.2) is 5.76 Å². The molecule has 2 aromatic rings. The second-order valence-corrected chi connectivity index (χ2v) is 4.82. The van der Waals surface area contributed by atoms with Gasteiger partial charge in [-0.05, 0) is 25.1 Å². The molecule has 0 spiro atoms. The van der Waals surface area contributed by atoms with Crippen molar-refractivity contribution >= 4 is 17.0 Å². The number of rotatable bonds is 3. The van der Waals surface area contributed by atoms with Crippen LogP contribution < -0.4 is 0 Å². The highest BCUT2D eigenvalue weighted by molar-refractivity contribution is 7.85. The smallest absolute Gasteiger partial charge is 0.160 e. The third-order valence-electron chi connectivity index (χ3n) is 2.22. The first-order chi connectivity index (χ1) is 7.72. The van der Waals surface area contributed by atoms with E-state index < -0.39 is 10.8 Å². The van der Waals surface area contributed by atoms with E-state index in [1.54, 1.807) is 6.07 Å². The van der Waals surface area contributed by atoms with Crippen LogP contribution in [0.3, 0.4) is 0 Å². The molecule has 16 heavy (non-hydrogen) atoms. The number of aryl methyl sites for hydroxylation is 1. The molecule has 0 radical (unpaired) electrons. The Hall–Kier alpha value is -1.68. The molecule has 0 bridgehead atoms. The quantitative estimate of drug-likeness (QED) is 0.829. The molecule has 0 amide bonds. The van der Waals surface area contributed by atoms with E-state index in [0.717, 1.165) is 16.7 Å². The minimum atomic E-state index is -1.28. The third-order valence-corrected chi connectivity index (χ3v) is 3.66. The first-order valence-electron chi connectivity index (χ1n) is 4.79. The van der Waals surface area contributed by atoms with Gasteiger partial charge in [0, 0.05) is 4.90 Å². The maximum Gasteiger partial charge on any atom is 0.160 e. The summed E-state index contributed by atoms with van der Waals surface area (Å²) < 4.78 is 17.2. The van der Waals surface area contributed by atoms with Crippen molar-refractivity contribution in [3.05, 3.63) is 47.9 Å². The maximum atomic E-state index is 12.1. The first kappa shape index (κ1) is 10.8. The van der Waals surface area contributed by atoms with Gasteiger partial charge in [0.1, 0.15) is 0 Å². The molecule has 1 N–H and O–H groups in total. The number of hydrogen-bond acceptors (Lipinski definition) is 3. The first-order valence-corrected chi connectivity index (χ1v) is 5.94. The molecule has 82 valence electrons. The molecule has 0 aliphatic carbocycles. The molecule has 1 aromatic carbocycles. The summed E-state index contributed by atoms with van der Waals surface area (Å²) in [7, 11) is -1.28. The molecule has 1 atom stereocenters. The standard InChI is InChI=1S/C12H11NO2S/c1-9-2-4-10(5-3-9)16(14)12-6-7-15-11(12)8-13/h2-8,13H,1H3. The second kappa shape index (κ2) is 4.45. The van der Waals surface area contributed by atoms with E-state index in [4.69, 9.17) is 9.83 Å². The van der Waals surface area contributed by atoms with E-state index in [0.29, 0.717) is 10.7 Å². The van der Waals surface area contributed by atoms with Crippen LogP contribution in [0.5, 0.6) is 0 Å². The molecule has 2 rings (SSSR count). The zero-order chi connectivity index (χ0) is 11.5. The van der Waals surface area contributed by atoms with Gasteiger partial charge in [-0.15, -0.1) is 0 Å². The van der Waals surface area contributed by atoms with Gasteiger partial charge in [-0.25, -0.2) is 4.21 Å². The lowest BCUT2D eigenvalue weighted by atomic mass is 10.2. The van der Waals surface area contributed by atoms with Crippen molar-refractivity contribution in [1.82, 2.24) is 0 Å². The molecule has 0 aliphatic heterocycles. The van der Waals surface area contributed by atoms with Crippen LogP contribution in [0.15, 0.2) is 50.8 Å². The predicted molar refractivity (Wildman–Crippen MR) is 62.4 cm³/mol. The SMILES string of the molecule is Cc1ccc(S(=O)c2ccoc2C=N)cc1. The molecule has 3 nitrogen and oxygen atoms in total. The Labute approximate surface area is 96.1 Å². The van der Waals surface area contributed by atoms with Gasteiger partial charge in [-0.1, -0.05) is 17.7 Å². The molecule has 1 unspecified atom stereocenters. The fourth-order valence-corrected chi connectivity index (χ4v) is 2.46. The molecule has 0 saturated heterocycles. The van der Waals surface area contributed by atoms with Crippen molar-refractivity contribution in [2.75, 3.05) is 0 Å². The largest absolute Gasteiger partial charge is 0.462 e. The van der Waals surface area contributed by atoms with E-state index in [9.17, 15) is 4.21 Å². The van der Waals surface area contributed by atoms with Gasteiger partial charge in [0.2, 0.25) is 0 Å². The molecule has 1 aromatic heterocycles. The molecule has 1 heterocycles. The van der Waals surface area contributed by atoms with Crippen LogP contribution in [0.4, 0.5) is 0 Å². The average molecular weight is 233 g/mol. The number of benzene rings is 1. The number of hydrogen-bond donors (Lipinski definition) is 1. The highest BCUT2D eigenvalue weighted by atomic mass is 32.2. The Morgan fingerprint density at radius 3 is 2.56 bits per heavy atom. The lowest BCUT2D eigenvalue weighted by Gasteiger charge is -2.00. The van der Waals surface area contributed by atoms with E-state index in [2.05, 4.69) is 0 Å². The van der Waals surface area contributed by atoms with E-state index in [1.807, 2.05) is 31.2 Å². The van der Waals surface area contributed by atoms with Crippen molar-refractivity contribution in [3.8, 4) is 0 Å². The molecule has 4 heteroatoms. The Morgan fingerprint density at radius 1 is 1.25 bits per heavy atom. The van der Waals surface area contributed by atoms with Crippen molar-refractivity contribution in [1.29, 1.82) is 5.41 Å². The van der Waals surface area contributed by atoms with Gasteiger partial charge in [0.05, 0.1) is 28.2 Å². The minimum Gasteiger partial charge on any atom is -0.462 e. The van der Waals surface area contributed by atoms with Gasteiger partial charge in [0.25, 0.3) is 0 Å². The van der Waals surface area contributed by atoms with Gasteiger partial charge >= 0.3 is 0 Å². The molecule has 0 aliphatic rings. The Morgan fingerprint density at radius 2 is 1.94 bits per heavy atom. The highest BCUT2D eigenvalue weighted by Crippen LogP contribution is 2.20.